The van der Waals surface area contributed by atoms with Gasteiger partial charge in [0, 0.05) is 11.9 Å². The zero-order valence-corrected chi connectivity index (χ0v) is 11.5. The maximum absolute atomic E-state index is 12.0. The third-order valence-electron chi connectivity index (χ3n) is 2.52. The molecule has 0 radical (unpaired) electrons. The second-order valence-electron chi connectivity index (χ2n) is 3.94. The van der Waals surface area contributed by atoms with E-state index in [1.165, 1.54) is 18.3 Å². The summed E-state index contributed by atoms with van der Waals surface area (Å²) in [5, 5.41) is 12.5. The molecule has 0 aliphatic rings. The minimum absolute atomic E-state index is 0.169. The van der Waals surface area contributed by atoms with E-state index >= 15 is 0 Å². The molecule has 2 rings (SSSR count). The average molecular weight is 297 g/mol. The molecule has 0 unspecified atom stereocenters. The van der Waals surface area contributed by atoms with Crippen molar-refractivity contribution < 1.29 is 9.90 Å². The Hall–Kier alpha value is -1.78. The molecule has 98 valence electrons. The third-order valence-corrected chi connectivity index (χ3v) is 3.03. The maximum Gasteiger partial charge on any atom is 0.257 e. The molecule has 0 atom stereocenters. The van der Waals surface area contributed by atoms with Gasteiger partial charge in [0.25, 0.3) is 5.91 Å². The molecule has 0 fully saturated rings. The Balaban J connectivity index is 2.25. The first-order valence-electron chi connectivity index (χ1n) is 5.39. The number of anilines is 1. The number of benzene rings is 1. The summed E-state index contributed by atoms with van der Waals surface area (Å²) in [4.78, 5) is 15.8. The van der Waals surface area contributed by atoms with Crippen LogP contribution in [0, 0.1) is 6.92 Å². The van der Waals surface area contributed by atoms with Gasteiger partial charge < -0.3 is 10.4 Å². The number of aryl methyl sites for hydroxylation is 1. The van der Waals surface area contributed by atoms with Crippen LogP contribution in [0.3, 0.4) is 0 Å². The quantitative estimate of drug-likeness (QED) is 0.657. The molecule has 1 amide bonds. The maximum atomic E-state index is 12.0. The predicted octanol–water partition coefficient (Wildman–Crippen LogP) is 3.65. The van der Waals surface area contributed by atoms with Crippen LogP contribution in [0.25, 0.3) is 0 Å². The van der Waals surface area contributed by atoms with Gasteiger partial charge in [-0.1, -0.05) is 23.2 Å². The summed E-state index contributed by atoms with van der Waals surface area (Å²) < 4.78 is 0. The molecule has 0 bridgehead atoms. The topological polar surface area (TPSA) is 62.2 Å². The molecular formula is C13H10Cl2N2O2. The number of pyridine rings is 1. The van der Waals surface area contributed by atoms with Crippen LogP contribution in [0.4, 0.5) is 5.69 Å². The number of carbonyl (C=O) groups is 1. The number of nitrogens with zero attached hydrogens (tertiary/aromatic N) is 1. The summed E-state index contributed by atoms with van der Waals surface area (Å²) >= 11 is 11.6. The first kappa shape index (κ1) is 13.6. The summed E-state index contributed by atoms with van der Waals surface area (Å²) in [5.74, 6) is -0.220. The molecule has 0 aliphatic carbocycles. The molecule has 19 heavy (non-hydrogen) atoms. The Morgan fingerprint density at radius 3 is 2.74 bits per heavy atom. The lowest BCUT2D eigenvalue weighted by Crippen LogP contribution is -2.12. The highest BCUT2D eigenvalue weighted by Gasteiger charge is 2.12. The van der Waals surface area contributed by atoms with Crippen molar-refractivity contribution in [3.63, 3.8) is 0 Å². The van der Waals surface area contributed by atoms with Crippen LogP contribution in [-0.4, -0.2) is 16.0 Å². The van der Waals surface area contributed by atoms with Gasteiger partial charge in [0.05, 0.1) is 10.6 Å². The zero-order valence-electron chi connectivity index (χ0n) is 9.95. The van der Waals surface area contributed by atoms with Gasteiger partial charge in [0.1, 0.15) is 10.9 Å². The number of carbonyl (C=O) groups excluding carboxylic acids is 1. The number of rotatable bonds is 2. The van der Waals surface area contributed by atoms with E-state index in [1.54, 1.807) is 19.1 Å². The molecule has 2 N–H and O–H groups in total. The number of nitrogens with one attached hydrogen (secondary N) is 1. The number of hydrogen-bond donors (Lipinski definition) is 2. The Kier molecular flexibility index (Phi) is 3.93. The van der Waals surface area contributed by atoms with Gasteiger partial charge in [-0.25, -0.2) is 4.98 Å². The predicted molar refractivity (Wildman–Crippen MR) is 75.1 cm³/mol. The van der Waals surface area contributed by atoms with Crippen LogP contribution >= 0.6 is 23.2 Å². The smallest absolute Gasteiger partial charge is 0.257 e. The summed E-state index contributed by atoms with van der Waals surface area (Å²) in [6, 6.07) is 6.15. The minimum atomic E-state index is -0.389. The Morgan fingerprint density at radius 1 is 1.32 bits per heavy atom. The largest absolute Gasteiger partial charge is 0.508 e. The SMILES string of the molecule is Cc1cc(NC(=O)c2cc(Cl)ncc2Cl)ccc1O. The number of amides is 1. The van der Waals surface area contributed by atoms with E-state index in [-0.39, 0.29) is 27.4 Å². The van der Waals surface area contributed by atoms with E-state index in [1.807, 2.05) is 0 Å². The average Bonchev–Trinajstić information content (AvgIpc) is 2.36. The van der Waals surface area contributed by atoms with E-state index in [9.17, 15) is 9.90 Å². The van der Waals surface area contributed by atoms with E-state index in [4.69, 9.17) is 23.2 Å². The fourth-order valence-corrected chi connectivity index (χ4v) is 1.87. The molecule has 0 spiro atoms. The summed E-state index contributed by atoms with van der Waals surface area (Å²) in [6.45, 7) is 1.74. The molecule has 0 saturated carbocycles. The lowest BCUT2D eigenvalue weighted by atomic mass is 10.2. The third kappa shape index (κ3) is 3.16. The van der Waals surface area contributed by atoms with E-state index < -0.39 is 0 Å². The Morgan fingerprint density at radius 2 is 2.05 bits per heavy atom. The van der Waals surface area contributed by atoms with Crippen molar-refractivity contribution in [2.24, 2.45) is 0 Å². The van der Waals surface area contributed by atoms with Crippen molar-refractivity contribution in [1.82, 2.24) is 4.98 Å². The second kappa shape index (κ2) is 5.47. The van der Waals surface area contributed by atoms with E-state index in [0.717, 1.165) is 0 Å². The van der Waals surface area contributed by atoms with Crippen LogP contribution < -0.4 is 5.32 Å². The van der Waals surface area contributed by atoms with E-state index in [0.29, 0.717) is 11.3 Å². The number of phenolic OH excluding ortho intramolecular Hbond substituents is 1. The molecule has 1 heterocycles. The van der Waals surface area contributed by atoms with Crippen molar-refractivity contribution in [3.8, 4) is 5.75 Å². The summed E-state index contributed by atoms with van der Waals surface area (Å²) in [5.41, 5.74) is 1.47. The molecule has 6 heteroatoms. The standard InChI is InChI=1S/C13H10Cl2N2O2/c1-7-4-8(2-3-11(7)18)17-13(19)9-5-12(15)16-6-10(9)14/h2-6,18H,1H3,(H,17,19). The van der Waals surface area contributed by atoms with Crippen LogP contribution in [0.5, 0.6) is 5.75 Å². The van der Waals surface area contributed by atoms with E-state index in [2.05, 4.69) is 10.3 Å². The molecular weight excluding hydrogens is 287 g/mol. The number of phenols is 1. The lowest BCUT2D eigenvalue weighted by molar-refractivity contribution is 0.102. The van der Waals surface area contributed by atoms with Gasteiger partial charge >= 0.3 is 0 Å². The highest BCUT2D eigenvalue weighted by molar-refractivity contribution is 6.35. The molecule has 0 saturated heterocycles. The Bertz CT molecular complexity index is 645. The molecule has 0 aliphatic heterocycles. The molecule has 1 aromatic heterocycles. The van der Waals surface area contributed by atoms with Gasteiger partial charge in [-0.3, -0.25) is 4.79 Å². The Labute approximate surface area is 120 Å². The van der Waals surface area contributed by atoms with Crippen LogP contribution in [0.15, 0.2) is 30.5 Å². The lowest BCUT2D eigenvalue weighted by Gasteiger charge is -2.08. The summed E-state index contributed by atoms with van der Waals surface area (Å²) in [7, 11) is 0. The van der Waals surface area contributed by atoms with Crippen molar-refractivity contribution in [3.05, 3.63) is 51.8 Å². The number of hydrogen-bond acceptors (Lipinski definition) is 3. The summed E-state index contributed by atoms with van der Waals surface area (Å²) in [6.07, 6.45) is 1.32. The number of aromatic hydroxyl groups is 1. The molecule has 4 nitrogen and oxygen atoms in total. The fourth-order valence-electron chi connectivity index (χ4n) is 1.52. The second-order valence-corrected chi connectivity index (χ2v) is 4.74. The van der Waals surface area contributed by atoms with Crippen LogP contribution in [0.1, 0.15) is 15.9 Å². The van der Waals surface area contributed by atoms with Gasteiger partial charge in [0.2, 0.25) is 0 Å². The first-order chi connectivity index (χ1) is 8.97. The normalized spacial score (nSPS) is 10.3. The molecule has 1 aromatic carbocycles. The zero-order chi connectivity index (χ0) is 14.0. The van der Waals surface area contributed by atoms with Crippen LogP contribution in [0.2, 0.25) is 10.2 Å². The van der Waals surface area contributed by atoms with Gasteiger partial charge in [0.15, 0.2) is 0 Å². The number of aromatic nitrogens is 1. The van der Waals surface area contributed by atoms with Crippen molar-refractivity contribution >= 4 is 34.8 Å². The van der Waals surface area contributed by atoms with Gasteiger partial charge in [-0.05, 0) is 36.8 Å². The van der Waals surface area contributed by atoms with Crippen LogP contribution in [-0.2, 0) is 0 Å². The highest BCUT2D eigenvalue weighted by Crippen LogP contribution is 2.23. The van der Waals surface area contributed by atoms with Gasteiger partial charge in [-0.2, -0.15) is 0 Å². The van der Waals surface area contributed by atoms with Gasteiger partial charge in [-0.15, -0.1) is 0 Å². The highest BCUT2D eigenvalue weighted by atomic mass is 35.5. The minimum Gasteiger partial charge on any atom is -0.508 e. The number of halogens is 2. The molecule has 2 aromatic rings. The van der Waals surface area contributed by atoms with Crippen molar-refractivity contribution in [2.45, 2.75) is 6.92 Å². The monoisotopic (exact) mass is 296 g/mol. The van der Waals surface area contributed by atoms with Crippen molar-refractivity contribution in [2.75, 3.05) is 5.32 Å². The van der Waals surface area contributed by atoms with Crippen molar-refractivity contribution in [1.29, 1.82) is 0 Å². The first-order valence-corrected chi connectivity index (χ1v) is 6.15. The fraction of sp³-hybridized carbons (Fsp3) is 0.0769.